The Hall–Kier alpha value is -3.55. The maximum atomic E-state index is 12.4. The van der Waals surface area contributed by atoms with Crippen LogP contribution in [0.5, 0.6) is 5.75 Å². The predicted octanol–water partition coefficient (Wildman–Crippen LogP) is 0.779. The monoisotopic (exact) mass is 571 g/mol. The van der Waals surface area contributed by atoms with Crippen molar-refractivity contribution in [2.24, 2.45) is 0 Å². The average molecular weight is 572 g/mol. The molecule has 0 aliphatic carbocycles. The van der Waals surface area contributed by atoms with Crippen molar-refractivity contribution in [1.29, 1.82) is 0 Å². The maximum absolute atomic E-state index is 12.4. The fraction of sp³-hybridized carbons (Fsp3) is 0.483. The van der Waals surface area contributed by atoms with Crippen LogP contribution in [0.4, 0.5) is 9.59 Å². The van der Waals surface area contributed by atoms with Crippen LogP contribution in [0.3, 0.4) is 0 Å². The number of hydrogen-bond donors (Lipinski definition) is 7. The Labute approximate surface area is 237 Å². The van der Waals surface area contributed by atoms with E-state index in [9.17, 15) is 39.9 Å². The number of carbonyl (C=O) groups is 3. The molecule has 6 atom stereocenters. The van der Waals surface area contributed by atoms with Crippen LogP contribution in [0.2, 0.25) is 0 Å². The third-order valence-electron chi connectivity index (χ3n) is 7.59. The molecule has 2 aliphatic heterocycles. The number of benzene rings is 2. The summed E-state index contributed by atoms with van der Waals surface area (Å²) in [6.45, 7) is 3.38. The number of phenolic OH excluding ortho intramolecular Hbond substituents is 1. The summed E-state index contributed by atoms with van der Waals surface area (Å²) in [5.41, 5.74) is 3.75. The molecule has 0 saturated carbocycles. The normalized spacial score (nSPS) is 26.2. The third kappa shape index (κ3) is 6.52. The first-order chi connectivity index (χ1) is 19.5. The number of phenols is 1. The van der Waals surface area contributed by atoms with Gasteiger partial charge >= 0.3 is 12.1 Å². The number of urea groups is 2. The minimum Gasteiger partial charge on any atom is -0.508 e. The van der Waals surface area contributed by atoms with Crippen LogP contribution >= 0.6 is 0 Å². The van der Waals surface area contributed by atoms with Gasteiger partial charge in [-0.3, -0.25) is 4.79 Å². The van der Waals surface area contributed by atoms with Crippen LogP contribution in [-0.2, 0) is 22.4 Å². The number of aromatic hydroxyl groups is 1. The number of amides is 5. The van der Waals surface area contributed by atoms with Crippen molar-refractivity contribution in [2.45, 2.75) is 76.1 Å². The van der Waals surface area contributed by atoms with Gasteiger partial charge in [0.05, 0.1) is 6.61 Å². The van der Waals surface area contributed by atoms with E-state index in [0.717, 1.165) is 22.3 Å². The van der Waals surface area contributed by atoms with Crippen molar-refractivity contribution in [3.05, 3.63) is 64.2 Å². The fourth-order valence-electron chi connectivity index (χ4n) is 5.18. The van der Waals surface area contributed by atoms with Crippen molar-refractivity contribution in [3.63, 3.8) is 0 Å². The van der Waals surface area contributed by atoms with Crippen molar-refractivity contribution in [2.75, 3.05) is 13.2 Å². The van der Waals surface area contributed by atoms with E-state index in [-0.39, 0.29) is 17.9 Å². The molecule has 12 nitrogen and oxygen atoms in total. The van der Waals surface area contributed by atoms with E-state index in [4.69, 9.17) is 4.74 Å². The van der Waals surface area contributed by atoms with E-state index < -0.39 is 61.1 Å². The Bertz CT molecular complexity index is 1270. The van der Waals surface area contributed by atoms with Gasteiger partial charge in [0, 0.05) is 12.1 Å². The van der Waals surface area contributed by atoms with Crippen LogP contribution in [0.1, 0.15) is 53.7 Å². The number of rotatable bonds is 9. The molecule has 2 aliphatic rings. The molecule has 2 fully saturated rings. The molecule has 0 spiro atoms. The predicted molar refractivity (Wildman–Crippen MR) is 146 cm³/mol. The number of nitrogens with zero attached hydrogens (tertiary/aromatic N) is 1. The highest BCUT2D eigenvalue weighted by molar-refractivity contribution is 6.16. The lowest BCUT2D eigenvalue weighted by Gasteiger charge is -2.40. The number of aryl methyl sites for hydroxylation is 1. The molecule has 2 aromatic rings. The van der Waals surface area contributed by atoms with Crippen LogP contribution in [0.15, 0.2) is 36.4 Å². The van der Waals surface area contributed by atoms with E-state index >= 15 is 0 Å². The second kappa shape index (κ2) is 13.0. The minimum absolute atomic E-state index is 0.137. The van der Waals surface area contributed by atoms with E-state index in [1.165, 1.54) is 0 Å². The number of carbonyl (C=O) groups excluding carboxylic acids is 3. The number of aliphatic hydroxyl groups is 4. The van der Waals surface area contributed by atoms with Gasteiger partial charge in [0.1, 0.15) is 42.3 Å². The molecule has 2 heterocycles. The maximum Gasteiger partial charge on any atom is 0.333 e. The first-order valence-electron chi connectivity index (χ1n) is 13.7. The van der Waals surface area contributed by atoms with Gasteiger partial charge in [0.25, 0.3) is 5.91 Å². The minimum atomic E-state index is -1.56. The Morgan fingerprint density at radius 2 is 1.73 bits per heavy atom. The zero-order chi connectivity index (χ0) is 29.8. The lowest BCUT2D eigenvalue weighted by molar-refractivity contribution is -0.232. The largest absolute Gasteiger partial charge is 0.508 e. The molecule has 2 saturated heterocycles. The topological polar surface area (TPSA) is 189 Å². The molecule has 0 radical (unpaired) electrons. The summed E-state index contributed by atoms with van der Waals surface area (Å²) in [5.74, 6) is -0.681. The molecule has 4 rings (SSSR count). The number of nitrogens with one attached hydrogen (secondary N) is 2. The number of hydrogen-bond acceptors (Lipinski definition) is 9. The van der Waals surface area contributed by atoms with Gasteiger partial charge in [-0.15, -0.1) is 0 Å². The summed E-state index contributed by atoms with van der Waals surface area (Å²) in [6, 6.07) is 8.74. The van der Waals surface area contributed by atoms with Crippen molar-refractivity contribution in [3.8, 4) is 5.75 Å². The Kier molecular flexibility index (Phi) is 9.61. The highest BCUT2D eigenvalue weighted by Gasteiger charge is 2.45. The van der Waals surface area contributed by atoms with Crippen molar-refractivity contribution < 1.29 is 44.7 Å². The molecule has 0 aromatic heterocycles. The van der Waals surface area contributed by atoms with Gasteiger partial charge in [-0.05, 0) is 60.6 Å². The van der Waals surface area contributed by atoms with Crippen LogP contribution < -0.4 is 10.6 Å². The van der Waals surface area contributed by atoms with E-state index in [1.54, 1.807) is 12.1 Å². The molecule has 0 bridgehead atoms. The summed E-state index contributed by atoms with van der Waals surface area (Å²) < 4.78 is 5.63. The van der Waals surface area contributed by atoms with Gasteiger partial charge < -0.3 is 40.9 Å². The Morgan fingerprint density at radius 1 is 1.05 bits per heavy atom. The second-order valence-electron chi connectivity index (χ2n) is 10.5. The average Bonchev–Trinajstić information content (AvgIpc) is 3.22. The summed E-state index contributed by atoms with van der Waals surface area (Å²) in [5, 5.41) is 56.0. The highest BCUT2D eigenvalue weighted by atomic mass is 16.5. The van der Waals surface area contributed by atoms with Gasteiger partial charge in [-0.25, -0.2) is 9.59 Å². The number of ether oxygens (including phenoxy) is 1. The standard InChI is InChI=1S/C29H37N3O9/c1-3-4-20-27(38)32(29(40)31-20)28(39)30-10-9-16-5-7-17(8-6-16)12-18-13-19(21(34)11-15(18)2)26-25(37)24(36)23(35)22(14-33)41-26/h5-8,11,13,20,22-26,33-37H,3-4,9-10,12,14H2,1-2H3,(H,30,39)(H,31,40)/t20?,22-,23-,24+,25-,26+/m1/s1. The van der Waals surface area contributed by atoms with E-state index in [0.29, 0.717) is 30.6 Å². The smallest absolute Gasteiger partial charge is 0.333 e. The molecule has 2 aromatic carbocycles. The Morgan fingerprint density at radius 3 is 2.39 bits per heavy atom. The summed E-state index contributed by atoms with van der Waals surface area (Å²) in [4.78, 5) is 37.4. The van der Waals surface area contributed by atoms with Crippen LogP contribution in [-0.4, -0.2) is 92.0 Å². The van der Waals surface area contributed by atoms with Crippen molar-refractivity contribution in [1.82, 2.24) is 15.5 Å². The molecule has 41 heavy (non-hydrogen) atoms. The molecule has 12 heteroatoms. The molecule has 1 unspecified atom stereocenters. The van der Waals surface area contributed by atoms with Crippen LogP contribution in [0.25, 0.3) is 0 Å². The van der Waals surface area contributed by atoms with E-state index in [1.807, 2.05) is 38.1 Å². The highest BCUT2D eigenvalue weighted by Crippen LogP contribution is 2.38. The molecular weight excluding hydrogens is 534 g/mol. The molecule has 222 valence electrons. The lowest BCUT2D eigenvalue weighted by Crippen LogP contribution is -2.55. The van der Waals surface area contributed by atoms with Gasteiger partial charge in [-0.1, -0.05) is 37.6 Å². The molecule has 7 N–H and O–H groups in total. The van der Waals surface area contributed by atoms with Crippen molar-refractivity contribution >= 4 is 18.0 Å². The summed E-state index contributed by atoms with van der Waals surface area (Å²) >= 11 is 0. The summed E-state index contributed by atoms with van der Waals surface area (Å²) in [6.07, 6.45) is -4.67. The number of imide groups is 3. The first-order valence-corrected chi connectivity index (χ1v) is 13.7. The summed E-state index contributed by atoms with van der Waals surface area (Å²) in [7, 11) is 0. The number of aliphatic hydroxyl groups excluding tert-OH is 4. The Balaban J connectivity index is 1.37. The second-order valence-corrected chi connectivity index (χ2v) is 10.5. The fourth-order valence-corrected chi connectivity index (χ4v) is 5.18. The zero-order valence-corrected chi connectivity index (χ0v) is 23.0. The zero-order valence-electron chi connectivity index (χ0n) is 23.0. The quantitative estimate of drug-likeness (QED) is 0.213. The molecule has 5 amide bonds. The van der Waals surface area contributed by atoms with Gasteiger partial charge in [0.2, 0.25) is 0 Å². The third-order valence-corrected chi connectivity index (χ3v) is 7.59. The van der Waals surface area contributed by atoms with Gasteiger partial charge in [0.15, 0.2) is 0 Å². The lowest BCUT2D eigenvalue weighted by atomic mass is 9.88. The van der Waals surface area contributed by atoms with Crippen LogP contribution in [0, 0.1) is 6.92 Å². The van der Waals surface area contributed by atoms with E-state index in [2.05, 4.69) is 10.6 Å². The van der Waals surface area contributed by atoms with Gasteiger partial charge in [-0.2, -0.15) is 4.90 Å². The first kappa shape index (κ1) is 30.4. The SMILES string of the molecule is CCCC1NC(=O)N(C(=O)NCCc2ccc(Cc3cc([C@@H]4O[C@H](CO)[C@@H](O)[C@H](O)[C@H]4O)c(O)cc3C)cc2)C1=O. The molecular formula is C29H37N3O9.